The van der Waals surface area contributed by atoms with Gasteiger partial charge in [0.2, 0.25) is 0 Å². The standard InChI is InChI=1S/C16H22N2O/c1-11-3-4-12(2)14(9-11)16(19)17-15-10-18-7-5-13(15)6-8-18/h3-4,9,13,15H,5-8,10H2,1-2H3,(H,17,19). The molecule has 2 bridgehead atoms. The second kappa shape index (κ2) is 4.97. The molecule has 1 aromatic rings. The first-order valence-corrected chi connectivity index (χ1v) is 7.24. The van der Waals surface area contributed by atoms with E-state index in [4.69, 9.17) is 0 Å². The molecule has 1 N–H and O–H groups in total. The third kappa shape index (κ3) is 2.52. The maximum atomic E-state index is 12.4. The molecule has 4 rings (SSSR count). The van der Waals surface area contributed by atoms with Crippen LogP contribution in [0.3, 0.4) is 0 Å². The van der Waals surface area contributed by atoms with Crippen molar-refractivity contribution in [3.05, 3.63) is 34.9 Å². The molecule has 102 valence electrons. The monoisotopic (exact) mass is 258 g/mol. The maximum absolute atomic E-state index is 12.4. The zero-order chi connectivity index (χ0) is 13.4. The lowest BCUT2D eigenvalue weighted by Gasteiger charge is -2.45. The fraction of sp³-hybridized carbons (Fsp3) is 0.562. The molecule has 1 atom stereocenters. The van der Waals surface area contributed by atoms with Gasteiger partial charge in [-0.3, -0.25) is 4.79 Å². The van der Waals surface area contributed by atoms with Crippen LogP contribution in [0.15, 0.2) is 18.2 Å². The van der Waals surface area contributed by atoms with Crippen molar-refractivity contribution in [2.24, 2.45) is 5.92 Å². The van der Waals surface area contributed by atoms with Crippen molar-refractivity contribution in [2.45, 2.75) is 32.7 Å². The van der Waals surface area contributed by atoms with Gasteiger partial charge in [0.1, 0.15) is 0 Å². The van der Waals surface area contributed by atoms with E-state index in [1.807, 2.05) is 26.0 Å². The van der Waals surface area contributed by atoms with Crippen LogP contribution in [-0.4, -0.2) is 36.5 Å². The minimum absolute atomic E-state index is 0.0972. The summed E-state index contributed by atoms with van der Waals surface area (Å²) in [7, 11) is 0. The summed E-state index contributed by atoms with van der Waals surface area (Å²) in [4.78, 5) is 14.9. The highest BCUT2D eigenvalue weighted by Crippen LogP contribution is 2.27. The van der Waals surface area contributed by atoms with Crippen LogP contribution in [0, 0.1) is 19.8 Å². The third-order valence-electron chi connectivity index (χ3n) is 4.61. The average Bonchev–Trinajstić information content (AvgIpc) is 2.43. The SMILES string of the molecule is Cc1ccc(C)c(C(=O)NC2CN3CCC2CC3)c1. The zero-order valence-corrected chi connectivity index (χ0v) is 11.8. The molecule has 1 amide bonds. The summed E-state index contributed by atoms with van der Waals surface area (Å²) in [5.74, 6) is 0.777. The number of fused-ring (bicyclic) bond motifs is 3. The molecule has 3 aliphatic rings. The fourth-order valence-corrected chi connectivity index (χ4v) is 3.36. The van der Waals surface area contributed by atoms with E-state index in [-0.39, 0.29) is 5.91 Å². The largest absolute Gasteiger partial charge is 0.348 e. The Morgan fingerprint density at radius 3 is 2.63 bits per heavy atom. The number of carbonyl (C=O) groups is 1. The number of amides is 1. The van der Waals surface area contributed by atoms with Gasteiger partial charge in [0.15, 0.2) is 0 Å². The van der Waals surface area contributed by atoms with E-state index in [0.717, 1.165) is 23.2 Å². The van der Waals surface area contributed by atoms with Gasteiger partial charge in [-0.2, -0.15) is 0 Å². The van der Waals surface area contributed by atoms with E-state index in [2.05, 4.69) is 16.3 Å². The van der Waals surface area contributed by atoms with Gasteiger partial charge in [-0.15, -0.1) is 0 Å². The van der Waals surface area contributed by atoms with Crippen LogP contribution in [-0.2, 0) is 0 Å². The molecule has 0 aliphatic carbocycles. The summed E-state index contributed by atoms with van der Waals surface area (Å²) in [6, 6.07) is 6.42. The highest BCUT2D eigenvalue weighted by Gasteiger charge is 2.35. The number of carbonyl (C=O) groups excluding carboxylic acids is 1. The van der Waals surface area contributed by atoms with Crippen molar-refractivity contribution in [1.29, 1.82) is 0 Å². The molecule has 3 heterocycles. The molecule has 3 saturated heterocycles. The summed E-state index contributed by atoms with van der Waals surface area (Å²) >= 11 is 0. The summed E-state index contributed by atoms with van der Waals surface area (Å²) in [6.45, 7) is 7.48. The number of nitrogens with one attached hydrogen (secondary N) is 1. The lowest BCUT2D eigenvalue weighted by atomic mass is 9.84. The number of hydrogen-bond acceptors (Lipinski definition) is 2. The van der Waals surface area contributed by atoms with Crippen molar-refractivity contribution >= 4 is 5.91 Å². The van der Waals surface area contributed by atoms with Crippen LogP contribution >= 0.6 is 0 Å². The molecule has 0 saturated carbocycles. The number of piperidine rings is 3. The van der Waals surface area contributed by atoms with Gasteiger partial charge >= 0.3 is 0 Å². The summed E-state index contributed by atoms with van der Waals surface area (Å²) in [5, 5.41) is 3.25. The van der Waals surface area contributed by atoms with Crippen molar-refractivity contribution in [1.82, 2.24) is 10.2 Å². The van der Waals surface area contributed by atoms with Gasteiger partial charge in [0.25, 0.3) is 5.91 Å². The van der Waals surface area contributed by atoms with Gasteiger partial charge in [-0.1, -0.05) is 17.7 Å². The topological polar surface area (TPSA) is 32.3 Å². The molecule has 0 aromatic heterocycles. The van der Waals surface area contributed by atoms with Crippen molar-refractivity contribution in [3.63, 3.8) is 0 Å². The lowest BCUT2D eigenvalue weighted by molar-refractivity contribution is 0.0620. The number of rotatable bonds is 2. The summed E-state index contributed by atoms with van der Waals surface area (Å²) in [5.41, 5.74) is 3.03. The highest BCUT2D eigenvalue weighted by atomic mass is 16.1. The Morgan fingerprint density at radius 2 is 2.00 bits per heavy atom. The van der Waals surface area contributed by atoms with Gasteiger partial charge in [0.05, 0.1) is 0 Å². The molecule has 1 unspecified atom stereocenters. The van der Waals surface area contributed by atoms with Crippen molar-refractivity contribution in [2.75, 3.05) is 19.6 Å². The first kappa shape index (κ1) is 12.7. The molecule has 0 spiro atoms. The minimum Gasteiger partial charge on any atom is -0.348 e. The van der Waals surface area contributed by atoms with E-state index in [0.29, 0.717) is 12.0 Å². The minimum atomic E-state index is 0.0972. The van der Waals surface area contributed by atoms with Crippen molar-refractivity contribution in [3.8, 4) is 0 Å². The highest BCUT2D eigenvalue weighted by molar-refractivity contribution is 5.96. The molecule has 0 radical (unpaired) electrons. The number of aryl methyl sites for hydroxylation is 2. The summed E-state index contributed by atoms with van der Waals surface area (Å²) < 4.78 is 0. The van der Waals surface area contributed by atoms with Crippen LogP contribution in [0.2, 0.25) is 0 Å². The van der Waals surface area contributed by atoms with E-state index >= 15 is 0 Å². The van der Waals surface area contributed by atoms with E-state index < -0.39 is 0 Å². The fourth-order valence-electron chi connectivity index (χ4n) is 3.36. The van der Waals surface area contributed by atoms with Crippen LogP contribution in [0.5, 0.6) is 0 Å². The first-order valence-electron chi connectivity index (χ1n) is 7.24. The molecule has 3 fully saturated rings. The van der Waals surface area contributed by atoms with Gasteiger partial charge in [0, 0.05) is 18.2 Å². The normalized spacial score (nSPS) is 29.3. The predicted molar refractivity (Wildman–Crippen MR) is 76.3 cm³/mol. The van der Waals surface area contributed by atoms with E-state index in [9.17, 15) is 4.79 Å². The second-order valence-electron chi connectivity index (χ2n) is 6.04. The Kier molecular flexibility index (Phi) is 3.31. The number of benzene rings is 1. The van der Waals surface area contributed by atoms with E-state index in [1.165, 1.54) is 25.9 Å². The van der Waals surface area contributed by atoms with E-state index in [1.54, 1.807) is 0 Å². The maximum Gasteiger partial charge on any atom is 0.251 e. The van der Waals surface area contributed by atoms with Crippen molar-refractivity contribution < 1.29 is 4.79 Å². The average molecular weight is 258 g/mol. The molecule has 3 heteroatoms. The van der Waals surface area contributed by atoms with Crippen LogP contribution < -0.4 is 5.32 Å². The first-order chi connectivity index (χ1) is 9.13. The van der Waals surface area contributed by atoms with Crippen LogP contribution in [0.4, 0.5) is 0 Å². The number of hydrogen-bond donors (Lipinski definition) is 1. The quantitative estimate of drug-likeness (QED) is 0.881. The molecule has 3 nitrogen and oxygen atoms in total. The van der Waals surface area contributed by atoms with Crippen LogP contribution in [0.1, 0.15) is 34.3 Å². The van der Waals surface area contributed by atoms with Gasteiger partial charge in [-0.05, 0) is 57.3 Å². The molecule has 19 heavy (non-hydrogen) atoms. The molecular formula is C16H22N2O. The zero-order valence-electron chi connectivity index (χ0n) is 11.8. The second-order valence-corrected chi connectivity index (χ2v) is 6.04. The smallest absolute Gasteiger partial charge is 0.251 e. The molecule has 3 aliphatic heterocycles. The Bertz CT molecular complexity index is 490. The third-order valence-corrected chi connectivity index (χ3v) is 4.61. The van der Waals surface area contributed by atoms with Gasteiger partial charge < -0.3 is 10.2 Å². The summed E-state index contributed by atoms with van der Waals surface area (Å²) in [6.07, 6.45) is 2.47. The Labute approximate surface area is 115 Å². The van der Waals surface area contributed by atoms with Crippen LogP contribution in [0.25, 0.3) is 0 Å². The Hall–Kier alpha value is -1.35. The predicted octanol–water partition coefficient (Wildman–Crippen LogP) is 2.13. The van der Waals surface area contributed by atoms with Gasteiger partial charge in [-0.25, -0.2) is 0 Å². The Morgan fingerprint density at radius 1 is 1.26 bits per heavy atom. The lowest BCUT2D eigenvalue weighted by Crippen LogP contribution is -2.57. The molecular weight excluding hydrogens is 236 g/mol. The number of nitrogens with zero attached hydrogens (tertiary/aromatic N) is 1. The molecule has 1 aromatic carbocycles. The Balaban J connectivity index is 1.73.